The van der Waals surface area contributed by atoms with Crippen LogP contribution in [-0.4, -0.2) is 36.8 Å². The highest BCUT2D eigenvalue weighted by Gasteiger charge is 2.21. The van der Waals surface area contributed by atoms with Gasteiger partial charge in [0, 0.05) is 50.4 Å². The highest BCUT2D eigenvalue weighted by molar-refractivity contribution is 5.99. The summed E-state index contributed by atoms with van der Waals surface area (Å²) in [5.41, 5.74) is 14.3. The van der Waals surface area contributed by atoms with Gasteiger partial charge in [0.25, 0.3) is 0 Å². The van der Waals surface area contributed by atoms with E-state index in [0.717, 1.165) is 31.6 Å². The number of nitrogens with zero attached hydrogens (tertiary/aromatic N) is 1. The Morgan fingerprint density at radius 3 is 2.75 bits per heavy atom. The molecule has 0 amide bonds. The van der Waals surface area contributed by atoms with Crippen LogP contribution < -0.4 is 16.8 Å². The van der Waals surface area contributed by atoms with Crippen molar-refractivity contribution in [3.63, 3.8) is 0 Å². The maximum Gasteiger partial charge on any atom is 0.102 e. The summed E-state index contributed by atoms with van der Waals surface area (Å²) in [4.78, 5) is 2.32. The van der Waals surface area contributed by atoms with E-state index < -0.39 is 0 Å². The van der Waals surface area contributed by atoms with Crippen LogP contribution in [0, 0.1) is 5.41 Å². The summed E-state index contributed by atoms with van der Waals surface area (Å²) in [7, 11) is 0. The molecule has 0 saturated carbocycles. The second kappa shape index (κ2) is 7.07. The molecule has 20 heavy (non-hydrogen) atoms. The number of likely N-dealkylation sites (tertiary alicyclic amines) is 1. The predicted molar refractivity (Wildman–Crippen MR) is 82.3 cm³/mol. The zero-order valence-electron chi connectivity index (χ0n) is 11.7. The Morgan fingerprint density at radius 1 is 1.30 bits per heavy atom. The van der Waals surface area contributed by atoms with Crippen LogP contribution in [0.4, 0.5) is 0 Å². The van der Waals surface area contributed by atoms with Gasteiger partial charge in [0.15, 0.2) is 0 Å². The van der Waals surface area contributed by atoms with E-state index in [1.807, 2.05) is 6.07 Å². The minimum absolute atomic E-state index is 0.537. The van der Waals surface area contributed by atoms with Crippen LogP contribution in [0.5, 0.6) is 0 Å². The van der Waals surface area contributed by atoms with Crippen LogP contribution in [0.1, 0.15) is 12.0 Å². The molecule has 1 saturated heterocycles. The van der Waals surface area contributed by atoms with E-state index in [2.05, 4.69) is 34.5 Å². The molecule has 0 aliphatic carbocycles. The average Bonchev–Trinajstić information content (AvgIpc) is 2.48. The zero-order chi connectivity index (χ0) is 14.4. The minimum atomic E-state index is 0.537. The summed E-state index contributed by atoms with van der Waals surface area (Å²) in [5.74, 6) is 0.596. The van der Waals surface area contributed by atoms with Crippen LogP contribution in [0.2, 0.25) is 0 Å². The first-order valence-corrected chi connectivity index (χ1v) is 6.97. The first kappa shape index (κ1) is 14.6. The molecular formula is C15H23N5. The van der Waals surface area contributed by atoms with Gasteiger partial charge in [-0.15, -0.1) is 0 Å². The van der Waals surface area contributed by atoms with Gasteiger partial charge in [-0.25, -0.2) is 0 Å². The van der Waals surface area contributed by atoms with Gasteiger partial charge in [-0.2, -0.15) is 0 Å². The van der Waals surface area contributed by atoms with Gasteiger partial charge in [-0.1, -0.05) is 30.3 Å². The normalized spacial score (nSPS) is 18.9. The van der Waals surface area contributed by atoms with Gasteiger partial charge in [0.05, 0.1) is 0 Å². The molecule has 1 aliphatic heterocycles. The van der Waals surface area contributed by atoms with E-state index in [4.69, 9.17) is 16.9 Å². The number of nitrogens with two attached hydrogens (primary N) is 2. The molecule has 0 radical (unpaired) electrons. The third kappa shape index (κ3) is 3.82. The second-order valence-corrected chi connectivity index (χ2v) is 5.03. The van der Waals surface area contributed by atoms with Gasteiger partial charge in [-0.3, -0.25) is 4.90 Å². The topological polar surface area (TPSA) is 91.2 Å². The third-order valence-corrected chi connectivity index (χ3v) is 3.46. The highest BCUT2D eigenvalue weighted by Crippen LogP contribution is 2.16. The zero-order valence-corrected chi connectivity index (χ0v) is 11.7. The Morgan fingerprint density at radius 2 is 2.05 bits per heavy atom. The van der Waals surface area contributed by atoms with Crippen molar-refractivity contribution in [3.8, 4) is 0 Å². The summed E-state index contributed by atoms with van der Waals surface area (Å²) in [6.45, 7) is 3.69. The third-order valence-electron chi connectivity index (χ3n) is 3.46. The number of hydrogen-bond donors (Lipinski definition) is 4. The molecule has 5 nitrogen and oxygen atoms in total. The van der Waals surface area contributed by atoms with Crippen LogP contribution in [0.25, 0.3) is 0 Å². The van der Waals surface area contributed by atoms with Gasteiger partial charge < -0.3 is 22.2 Å². The van der Waals surface area contributed by atoms with E-state index in [0.29, 0.717) is 24.6 Å². The van der Waals surface area contributed by atoms with E-state index in [9.17, 15) is 0 Å². The fraction of sp³-hybridized carbons (Fsp3) is 0.400. The lowest BCUT2D eigenvalue weighted by Crippen LogP contribution is -2.39. The molecule has 108 valence electrons. The lowest BCUT2D eigenvalue weighted by atomic mass is 10.0. The van der Waals surface area contributed by atoms with Gasteiger partial charge in [-0.05, 0) is 5.56 Å². The number of hydrogen-bond acceptors (Lipinski definition) is 5. The summed E-state index contributed by atoms with van der Waals surface area (Å²) in [6.07, 6.45) is 0.743. The summed E-state index contributed by atoms with van der Waals surface area (Å²) in [6, 6.07) is 10.4. The van der Waals surface area contributed by atoms with Crippen molar-refractivity contribution in [1.82, 2.24) is 10.2 Å². The second-order valence-electron chi connectivity index (χ2n) is 5.03. The molecule has 1 aromatic carbocycles. The number of piperidine rings is 1. The van der Waals surface area contributed by atoms with Crippen molar-refractivity contribution in [2.45, 2.75) is 13.0 Å². The van der Waals surface area contributed by atoms with Crippen molar-refractivity contribution in [3.05, 3.63) is 47.3 Å². The quantitative estimate of drug-likeness (QED) is 0.633. The van der Waals surface area contributed by atoms with Crippen LogP contribution in [0.15, 0.2) is 41.7 Å². The molecule has 1 heterocycles. The minimum Gasteiger partial charge on any atom is -0.385 e. The fourth-order valence-electron chi connectivity index (χ4n) is 2.36. The van der Waals surface area contributed by atoms with Crippen LogP contribution in [-0.2, 0) is 6.54 Å². The molecule has 0 bridgehead atoms. The lowest BCUT2D eigenvalue weighted by Gasteiger charge is -2.30. The van der Waals surface area contributed by atoms with Crippen molar-refractivity contribution in [1.29, 1.82) is 5.41 Å². The van der Waals surface area contributed by atoms with Crippen molar-refractivity contribution < 1.29 is 0 Å². The molecule has 0 atom stereocenters. The highest BCUT2D eigenvalue weighted by atomic mass is 15.1. The summed E-state index contributed by atoms with van der Waals surface area (Å²) >= 11 is 0. The number of rotatable bonds is 5. The van der Waals surface area contributed by atoms with Gasteiger partial charge >= 0.3 is 0 Å². The smallest absolute Gasteiger partial charge is 0.102 e. The van der Waals surface area contributed by atoms with Crippen LogP contribution >= 0.6 is 0 Å². The molecule has 6 N–H and O–H groups in total. The van der Waals surface area contributed by atoms with E-state index in [-0.39, 0.29) is 0 Å². The van der Waals surface area contributed by atoms with Gasteiger partial charge in [0.2, 0.25) is 0 Å². The van der Waals surface area contributed by atoms with Gasteiger partial charge in [0.1, 0.15) is 5.82 Å². The largest absolute Gasteiger partial charge is 0.385 e. The fourth-order valence-corrected chi connectivity index (χ4v) is 2.36. The van der Waals surface area contributed by atoms with Crippen molar-refractivity contribution in [2.75, 3.05) is 26.2 Å². The first-order chi connectivity index (χ1) is 9.70. The molecule has 0 spiro atoms. The molecule has 0 unspecified atom stereocenters. The molecule has 1 aliphatic rings. The Hall–Kier alpha value is -1.85. The van der Waals surface area contributed by atoms with E-state index >= 15 is 0 Å². The Bertz CT molecular complexity index is 480. The SMILES string of the molecule is N=C1CCN(Cc2ccccc2)C/C1=C(/N)NCCN. The average molecular weight is 273 g/mol. The van der Waals surface area contributed by atoms with Crippen molar-refractivity contribution in [2.24, 2.45) is 11.5 Å². The molecule has 1 aromatic rings. The molecular weight excluding hydrogens is 250 g/mol. The Balaban J connectivity index is 2.02. The number of benzene rings is 1. The van der Waals surface area contributed by atoms with E-state index in [1.54, 1.807) is 0 Å². The van der Waals surface area contributed by atoms with E-state index in [1.165, 1.54) is 5.56 Å². The monoisotopic (exact) mass is 273 g/mol. The summed E-state index contributed by atoms with van der Waals surface area (Å²) < 4.78 is 0. The summed E-state index contributed by atoms with van der Waals surface area (Å²) in [5, 5.41) is 11.1. The van der Waals surface area contributed by atoms with Crippen molar-refractivity contribution >= 4 is 5.71 Å². The van der Waals surface area contributed by atoms with Crippen LogP contribution in [0.3, 0.4) is 0 Å². The Labute approximate surface area is 120 Å². The first-order valence-electron chi connectivity index (χ1n) is 6.97. The molecule has 2 rings (SSSR count). The molecule has 1 fully saturated rings. The Kier molecular flexibility index (Phi) is 5.15. The molecule has 5 heteroatoms. The maximum absolute atomic E-state index is 8.05. The number of nitrogens with one attached hydrogen (secondary N) is 2. The standard InChI is InChI=1S/C15H23N5/c16-7-8-19-15(18)13-11-20(9-6-14(13)17)10-12-4-2-1-3-5-12/h1-5,17,19H,6-11,16,18H2/b15-13+,17-14?. The lowest BCUT2D eigenvalue weighted by molar-refractivity contribution is 0.288. The maximum atomic E-state index is 8.05. The molecule has 0 aromatic heterocycles. The predicted octanol–water partition coefficient (Wildman–Crippen LogP) is 0.631.